The Hall–Kier alpha value is -1.06. The van der Waals surface area contributed by atoms with Gasteiger partial charge in [0.05, 0.1) is 18.9 Å². The second kappa shape index (κ2) is 7.39. The third-order valence-corrected chi connectivity index (χ3v) is 3.81. The average molecular weight is 255 g/mol. The summed E-state index contributed by atoms with van der Waals surface area (Å²) in [6, 6.07) is 0. The zero-order chi connectivity index (χ0) is 13.5. The van der Waals surface area contributed by atoms with E-state index in [-0.39, 0.29) is 23.7 Å². The molecule has 0 radical (unpaired) electrons. The molecule has 2 atom stereocenters. The van der Waals surface area contributed by atoms with Gasteiger partial charge < -0.3 is 9.64 Å². The number of carbonyl (C=O) groups is 2. The van der Waals surface area contributed by atoms with Gasteiger partial charge in [-0.05, 0) is 19.3 Å². The lowest BCUT2D eigenvalue weighted by Crippen LogP contribution is -2.37. The van der Waals surface area contributed by atoms with Crippen LogP contribution in [0.15, 0.2) is 0 Å². The van der Waals surface area contributed by atoms with E-state index >= 15 is 0 Å². The molecule has 1 saturated carbocycles. The van der Waals surface area contributed by atoms with Crippen LogP contribution < -0.4 is 0 Å². The Bertz CT molecular complexity index is 291. The molecule has 4 heteroatoms. The van der Waals surface area contributed by atoms with E-state index in [1.165, 1.54) is 7.11 Å². The molecular weight excluding hydrogens is 230 g/mol. The van der Waals surface area contributed by atoms with Gasteiger partial charge in [0.2, 0.25) is 5.91 Å². The number of esters is 1. The number of rotatable bonds is 6. The zero-order valence-corrected chi connectivity index (χ0v) is 11.8. The second-order valence-electron chi connectivity index (χ2n) is 5.13. The first-order chi connectivity index (χ1) is 8.61. The third-order valence-electron chi connectivity index (χ3n) is 3.81. The van der Waals surface area contributed by atoms with Gasteiger partial charge in [0.25, 0.3) is 0 Å². The molecule has 18 heavy (non-hydrogen) atoms. The fraction of sp³-hybridized carbons (Fsp3) is 0.857. The smallest absolute Gasteiger partial charge is 0.309 e. The third kappa shape index (κ3) is 3.72. The first kappa shape index (κ1) is 15.0. The highest BCUT2D eigenvalue weighted by Crippen LogP contribution is 2.33. The lowest BCUT2D eigenvalue weighted by molar-refractivity contribution is -0.151. The Morgan fingerprint density at radius 1 is 1.22 bits per heavy atom. The van der Waals surface area contributed by atoms with E-state index in [9.17, 15) is 9.59 Å². The molecule has 1 rings (SSSR count). The van der Waals surface area contributed by atoms with Crippen LogP contribution in [0.5, 0.6) is 0 Å². The molecule has 1 fully saturated rings. The summed E-state index contributed by atoms with van der Waals surface area (Å²) < 4.78 is 4.78. The van der Waals surface area contributed by atoms with Gasteiger partial charge in [-0.15, -0.1) is 0 Å². The molecule has 0 spiro atoms. The van der Waals surface area contributed by atoms with Crippen molar-refractivity contribution in [2.75, 3.05) is 20.7 Å². The van der Waals surface area contributed by atoms with Gasteiger partial charge in [-0.25, -0.2) is 0 Å². The summed E-state index contributed by atoms with van der Waals surface area (Å²) in [7, 11) is 3.23. The van der Waals surface area contributed by atoms with E-state index in [2.05, 4.69) is 6.92 Å². The summed E-state index contributed by atoms with van der Waals surface area (Å²) in [5, 5.41) is 0. The molecular formula is C14H25NO3. The van der Waals surface area contributed by atoms with Crippen molar-refractivity contribution in [1.82, 2.24) is 4.90 Å². The van der Waals surface area contributed by atoms with Crippen LogP contribution in [0.3, 0.4) is 0 Å². The molecule has 0 N–H and O–H groups in total. The first-order valence-corrected chi connectivity index (χ1v) is 6.94. The Balaban J connectivity index is 2.51. The maximum absolute atomic E-state index is 12.3. The van der Waals surface area contributed by atoms with Crippen molar-refractivity contribution in [3.05, 3.63) is 0 Å². The summed E-state index contributed by atoms with van der Waals surface area (Å²) in [5.41, 5.74) is 0. The number of unbranched alkanes of at least 4 members (excludes halogenated alkanes) is 2. The SMILES string of the molecule is CCCCCN(C)C(=O)C1CCCC1C(=O)OC. The van der Waals surface area contributed by atoms with Crippen molar-refractivity contribution in [2.45, 2.75) is 45.4 Å². The van der Waals surface area contributed by atoms with Crippen LogP contribution in [0.1, 0.15) is 45.4 Å². The molecule has 1 aliphatic rings. The number of carbonyl (C=O) groups excluding carboxylic acids is 2. The van der Waals surface area contributed by atoms with Gasteiger partial charge in [0.15, 0.2) is 0 Å². The zero-order valence-electron chi connectivity index (χ0n) is 11.8. The number of hydrogen-bond donors (Lipinski definition) is 0. The van der Waals surface area contributed by atoms with E-state index < -0.39 is 0 Å². The summed E-state index contributed by atoms with van der Waals surface area (Å²) in [6.07, 6.45) is 5.87. The van der Waals surface area contributed by atoms with Crippen LogP contribution in [-0.2, 0) is 14.3 Å². The van der Waals surface area contributed by atoms with Crippen molar-refractivity contribution < 1.29 is 14.3 Å². The molecule has 0 aromatic rings. The van der Waals surface area contributed by atoms with Crippen molar-refractivity contribution in [2.24, 2.45) is 11.8 Å². The largest absolute Gasteiger partial charge is 0.469 e. The highest BCUT2D eigenvalue weighted by molar-refractivity contribution is 5.85. The second-order valence-corrected chi connectivity index (χ2v) is 5.13. The molecule has 4 nitrogen and oxygen atoms in total. The summed E-state index contributed by atoms with van der Waals surface area (Å²) in [6.45, 7) is 2.93. The van der Waals surface area contributed by atoms with Crippen LogP contribution in [-0.4, -0.2) is 37.5 Å². The van der Waals surface area contributed by atoms with E-state index in [4.69, 9.17) is 4.74 Å². The standard InChI is InChI=1S/C14H25NO3/c1-4-5-6-10-15(2)13(16)11-8-7-9-12(11)14(17)18-3/h11-12H,4-10H2,1-3H3. The summed E-state index contributed by atoms with van der Waals surface area (Å²) in [5.74, 6) is -0.507. The Morgan fingerprint density at radius 3 is 2.50 bits per heavy atom. The minimum Gasteiger partial charge on any atom is -0.469 e. The quantitative estimate of drug-likeness (QED) is 0.540. The number of amides is 1. The number of ether oxygens (including phenoxy) is 1. The van der Waals surface area contributed by atoms with Gasteiger partial charge in [0, 0.05) is 13.6 Å². The van der Waals surface area contributed by atoms with Crippen molar-refractivity contribution >= 4 is 11.9 Å². The van der Waals surface area contributed by atoms with Gasteiger partial charge in [-0.1, -0.05) is 26.2 Å². The average Bonchev–Trinajstić information content (AvgIpc) is 2.86. The van der Waals surface area contributed by atoms with Crippen molar-refractivity contribution in [3.8, 4) is 0 Å². The van der Waals surface area contributed by atoms with E-state index in [0.29, 0.717) is 0 Å². The van der Waals surface area contributed by atoms with Crippen LogP contribution in [0.4, 0.5) is 0 Å². The summed E-state index contributed by atoms with van der Waals surface area (Å²) in [4.78, 5) is 25.7. The van der Waals surface area contributed by atoms with Gasteiger partial charge in [-0.3, -0.25) is 9.59 Å². The lowest BCUT2D eigenvalue weighted by Gasteiger charge is -2.24. The Morgan fingerprint density at radius 2 is 1.89 bits per heavy atom. The van der Waals surface area contributed by atoms with Crippen LogP contribution >= 0.6 is 0 Å². The van der Waals surface area contributed by atoms with E-state index in [1.807, 2.05) is 7.05 Å². The minimum absolute atomic E-state index is 0.110. The number of methoxy groups -OCH3 is 1. The highest BCUT2D eigenvalue weighted by atomic mass is 16.5. The molecule has 0 aliphatic heterocycles. The first-order valence-electron chi connectivity index (χ1n) is 6.94. The number of nitrogens with zero attached hydrogens (tertiary/aromatic N) is 1. The monoisotopic (exact) mass is 255 g/mol. The fourth-order valence-electron chi connectivity index (χ4n) is 2.68. The van der Waals surface area contributed by atoms with Gasteiger partial charge in [-0.2, -0.15) is 0 Å². The molecule has 0 aromatic carbocycles. The maximum atomic E-state index is 12.3. The van der Waals surface area contributed by atoms with Crippen molar-refractivity contribution in [3.63, 3.8) is 0 Å². The highest BCUT2D eigenvalue weighted by Gasteiger charge is 2.39. The van der Waals surface area contributed by atoms with E-state index in [1.54, 1.807) is 4.90 Å². The predicted octanol–water partition coefficient (Wildman–Crippen LogP) is 2.22. The Kier molecular flexibility index (Phi) is 6.16. The topological polar surface area (TPSA) is 46.6 Å². The molecule has 0 bridgehead atoms. The molecule has 1 amide bonds. The summed E-state index contributed by atoms with van der Waals surface area (Å²) >= 11 is 0. The normalized spacial score (nSPS) is 22.8. The fourth-order valence-corrected chi connectivity index (χ4v) is 2.68. The van der Waals surface area contributed by atoms with Crippen LogP contribution in [0, 0.1) is 11.8 Å². The minimum atomic E-state index is -0.229. The molecule has 0 heterocycles. The molecule has 1 aliphatic carbocycles. The maximum Gasteiger partial charge on any atom is 0.309 e. The number of hydrogen-bond acceptors (Lipinski definition) is 3. The Labute approximate surface area is 110 Å². The van der Waals surface area contributed by atoms with Crippen molar-refractivity contribution in [1.29, 1.82) is 0 Å². The lowest BCUT2D eigenvalue weighted by atomic mass is 9.94. The molecule has 104 valence electrons. The van der Waals surface area contributed by atoms with Gasteiger partial charge >= 0.3 is 5.97 Å². The van der Waals surface area contributed by atoms with Crippen LogP contribution in [0.2, 0.25) is 0 Å². The van der Waals surface area contributed by atoms with E-state index in [0.717, 1.165) is 45.1 Å². The van der Waals surface area contributed by atoms with Crippen LogP contribution in [0.25, 0.3) is 0 Å². The molecule has 2 unspecified atom stereocenters. The van der Waals surface area contributed by atoms with Gasteiger partial charge in [0.1, 0.15) is 0 Å². The molecule has 0 aromatic heterocycles. The molecule has 0 saturated heterocycles. The predicted molar refractivity (Wildman–Crippen MR) is 70.0 cm³/mol.